The Balaban J connectivity index is 1.15. The first kappa shape index (κ1) is 20.2. The number of likely N-dealkylation sites (tertiary alicyclic amines) is 1. The molecule has 5 nitrogen and oxygen atoms in total. The molecule has 164 valence electrons. The summed E-state index contributed by atoms with van der Waals surface area (Å²) in [6, 6.07) is 8.98. The second-order valence-electron chi connectivity index (χ2n) is 9.80. The van der Waals surface area contributed by atoms with Crippen LogP contribution in [0.15, 0.2) is 24.3 Å². The maximum Gasteiger partial charge on any atom is 0.414 e. The van der Waals surface area contributed by atoms with Crippen LogP contribution in [0.1, 0.15) is 70.6 Å². The Morgan fingerprint density at radius 2 is 1.63 bits per heavy atom. The van der Waals surface area contributed by atoms with Crippen LogP contribution in [0.25, 0.3) is 0 Å². The van der Waals surface area contributed by atoms with Gasteiger partial charge < -0.3 is 14.4 Å². The number of hydrogen-bond donors (Lipinski definition) is 0. The van der Waals surface area contributed by atoms with Crippen LogP contribution in [0.5, 0.6) is 5.75 Å². The van der Waals surface area contributed by atoms with Crippen LogP contribution in [0.2, 0.25) is 0 Å². The molecule has 2 saturated heterocycles. The standard InChI is InChI=1S/C25H36N2O3/c28-25-27(22(18-29-25)15-19-7-3-1-4-8-19)20-9-11-23(12-10-20)30-24-16-21(17-24)26-13-5-2-6-14-26/h9-12,19,21-22,24H,1-8,13-18H2/t21?,22-,24?/m1/s1. The average Bonchev–Trinajstić information content (AvgIpc) is 3.12. The molecular weight excluding hydrogens is 376 g/mol. The second-order valence-corrected chi connectivity index (χ2v) is 9.80. The van der Waals surface area contributed by atoms with E-state index in [-0.39, 0.29) is 12.1 Å². The zero-order valence-electron chi connectivity index (χ0n) is 18.1. The Labute approximate surface area is 180 Å². The van der Waals surface area contributed by atoms with Crippen molar-refractivity contribution in [2.75, 3.05) is 24.6 Å². The lowest BCUT2D eigenvalue weighted by Crippen LogP contribution is -2.50. The number of amides is 1. The third-order valence-corrected chi connectivity index (χ3v) is 7.69. The maximum absolute atomic E-state index is 12.4. The zero-order chi connectivity index (χ0) is 20.3. The number of piperidine rings is 1. The molecule has 0 aromatic heterocycles. The van der Waals surface area contributed by atoms with Crippen LogP contribution < -0.4 is 9.64 Å². The molecule has 1 amide bonds. The third kappa shape index (κ3) is 4.46. The first-order valence-electron chi connectivity index (χ1n) is 12.2. The van der Waals surface area contributed by atoms with Crippen LogP contribution in [-0.2, 0) is 4.74 Å². The van der Waals surface area contributed by atoms with Crippen LogP contribution >= 0.6 is 0 Å². The molecule has 2 heterocycles. The van der Waals surface area contributed by atoms with Crippen LogP contribution in [0.4, 0.5) is 10.5 Å². The van der Waals surface area contributed by atoms with E-state index in [0.29, 0.717) is 12.7 Å². The minimum atomic E-state index is -0.201. The molecule has 4 aliphatic rings. The highest BCUT2D eigenvalue weighted by atomic mass is 16.6. The van der Waals surface area contributed by atoms with Crippen molar-refractivity contribution in [1.82, 2.24) is 4.90 Å². The van der Waals surface area contributed by atoms with Gasteiger partial charge in [0.25, 0.3) is 0 Å². The summed E-state index contributed by atoms with van der Waals surface area (Å²) in [5, 5.41) is 0. The van der Waals surface area contributed by atoms with Crippen molar-refractivity contribution in [2.24, 2.45) is 5.92 Å². The highest BCUT2D eigenvalue weighted by molar-refractivity contribution is 5.90. The van der Waals surface area contributed by atoms with Crippen molar-refractivity contribution in [3.8, 4) is 5.75 Å². The van der Waals surface area contributed by atoms with Crippen LogP contribution in [0.3, 0.4) is 0 Å². The minimum Gasteiger partial charge on any atom is -0.490 e. The molecule has 0 unspecified atom stereocenters. The van der Waals surface area contributed by atoms with Gasteiger partial charge in [0, 0.05) is 24.6 Å². The number of carbonyl (C=O) groups excluding carboxylic acids is 1. The van der Waals surface area contributed by atoms with Gasteiger partial charge in [0.15, 0.2) is 0 Å². The van der Waals surface area contributed by atoms with Gasteiger partial charge >= 0.3 is 6.09 Å². The zero-order valence-corrected chi connectivity index (χ0v) is 18.1. The number of ether oxygens (including phenoxy) is 2. The minimum absolute atomic E-state index is 0.171. The first-order chi connectivity index (χ1) is 14.8. The lowest BCUT2D eigenvalue weighted by atomic mass is 9.84. The van der Waals surface area contributed by atoms with E-state index >= 15 is 0 Å². The van der Waals surface area contributed by atoms with Crippen molar-refractivity contribution in [3.05, 3.63) is 24.3 Å². The molecule has 4 fully saturated rings. The van der Waals surface area contributed by atoms with Crippen molar-refractivity contribution < 1.29 is 14.3 Å². The highest BCUT2D eigenvalue weighted by Crippen LogP contribution is 2.35. The van der Waals surface area contributed by atoms with Crippen LogP contribution in [0, 0.1) is 5.92 Å². The fraction of sp³-hybridized carbons (Fsp3) is 0.720. The summed E-state index contributed by atoms with van der Waals surface area (Å²) in [7, 11) is 0. The summed E-state index contributed by atoms with van der Waals surface area (Å²) in [4.78, 5) is 16.9. The fourth-order valence-electron chi connectivity index (χ4n) is 5.85. The highest BCUT2D eigenvalue weighted by Gasteiger charge is 2.37. The molecule has 2 saturated carbocycles. The number of hydrogen-bond acceptors (Lipinski definition) is 4. The molecule has 0 bridgehead atoms. The van der Waals surface area contributed by atoms with Gasteiger partial charge in [0.1, 0.15) is 18.5 Å². The van der Waals surface area contributed by atoms with Gasteiger partial charge in [-0.1, -0.05) is 38.5 Å². The van der Waals surface area contributed by atoms with E-state index in [0.717, 1.165) is 42.7 Å². The van der Waals surface area contributed by atoms with E-state index in [1.54, 1.807) is 0 Å². The average molecular weight is 413 g/mol. The summed E-state index contributed by atoms with van der Waals surface area (Å²) >= 11 is 0. The molecule has 0 spiro atoms. The third-order valence-electron chi connectivity index (χ3n) is 7.69. The molecule has 30 heavy (non-hydrogen) atoms. The normalized spacial score (nSPS) is 30.7. The Kier molecular flexibility index (Phi) is 6.17. The van der Waals surface area contributed by atoms with Crippen molar-refractivity contribution in [2.45, 2.75) is 88.8 Å². The number of benzene rings is 1. The molecule has 1 aromatic carbocycles. The fourth-order valence-corrected chi connectivity index (χ4v) is 5.85. The van der Waals surface area contributed by atoms with Gasteiger partial charge in [-0.2, -0.15) is 0 Å². The molecule has 2 aliphatic carbocycles. The van der Waals surface area contributed by atoms with Gasteiger partial charge in [0.2, 0.25) is 0 Å². The second kappa shape index (κ2) is 9.17. The number of anilines is 1. The summed E-state index contributed by atoms with van der Waals surface area (Å²) < 4.78 is 11.6. The largest absolute Gasteiger partial charge is 0.490 e. The van der Waals surface area contributed by atoms with Gasteiger partial charge in [-0.15, -0.1) is 0 Å². The van der Waals surface area contributed by atoms with Crippen molar-refractivity contribution in [3.63, 3.8) is 0 Å². The van der Waals surface area contributed by atoms with Gasteiger partial charge in [0.05, 0.1) is 6.04 Å². The number of carbonyl (C=O) groups is 1. The van der Waals surface area contributed by atoms with Gasteiger partial charge in [-0.25, -0.2) is 4.79 Å². The number of nitrogens with zero attached hydrogens (tertiary/aromatic N) is 2. The smallest absolute Gasteiger partial charge is 0.414 e. The predicted molar refractivity (Wildman–Crippen MR) is 118 cm³/mol. The SMILES string of the molecule is O=C1OC[C@@H](CC2CCCCC2)N1c1ccc(OC2CC(N3CCCCC3)C2)cc1. The summed E-state index contributed by atoms with van der Waals surface area (Å²) in [5.41, 5.74) is 0.936. The quantitative estimate of drug-likeness (QED) is 0.629. The van der Waals surface area contributed by atoms with E-state index in [4.69, 9.17) is 9.47 Å². The van der Waals surface area contributed by atoms with E-state index in [2.05, 4.69) is 4.90 Å². The molecule has 0 N–H and O–H groups in total. The molecule has 0 radical (unpaired) electrons. The van der Waals surface area contributed by atoms with Gasteiger partial charge in [-0.3, -0.25) is 4.90 Å². The van der Waals surface area contributed by atoms with Crippen LogP contribution in [-0.4, -0.2) is 48.9 Å². The van der Waals surface area contributed by atoms with E-state index in [9.17, 15) is 4.79 Å². The van der Waals surface area contributed by atoms with E-state index < -0.39 is 0 Å². The summed E-state index contributed by atoms with van der Waals surface area (Å²) in [6.45, 7) is 3.05. The molecule has 1 aromatic rings. The molecule has 1 atom stereocenters. The Hall–Kier alpha value is -1.75. The topological polar surface area (TPSA) is 42.0 Å². The lowest BCUT2D eigenvalue weighted by Gasteiger charge is -2.44. The van der Waals surface area contributed by atoms with E-state index in [1.165, 1.54) is 64.5 Å². The number of rotatable bonds is 6. The maximum atomic E-state index is 12.4. The Bertz CT molecular complexity index is 704. The van der Waals surface area contributed by atoms with E-state index in [1.807, 2.05) is 29.2 Å². The first-order valence-corrected chi connectivity index (χ1v) is 12.2. The lowest BCUT2D eigenvalue weighted by molar-refractivity contribution is 0.00892. The molecule has 5 heteroatoms. The van der Waals surface area contributed by atoms with Crippen molar-refractivity contribution in [1.29, 1.82) is 0 Å². The summed E-state index contributed by atoms with van der Waals surface area (Å²) in [6.07, 6.45) is 14.2. The predicted octanol–water partition coefficient (Wildman–Crippen LogP) is 5.38. The Morgan fingerprint density at radius 3 is 2.37 bits per heavy atom. The Morgan fingerprint density at radius 1 is 0.933 bits per heavy atom. The molecular formula is C25H36N2O3. The monoisotopic (exact) mass is 412 g/mol. The van der Waals surface area contributed by atoms with Gasteiger partial charge in [-0.05, 0) is 62.5 Å². The van der Waals surface area contributed by atoms with Crippen molar-refractivity contribution >= 4 is 11.8 Å². The number of cyclic esters (lactones) is 1. The molecule has 5 rings (SSSR count). The molecule has 2 aliphatic heterocycles. The summed E-state index contributed by atoms with van der Waals surface area (Å²) in [5.74, 6) is 1.65.